The molecule has 0 amide bonds. The van der Waals surface area contributed by atoms with Crippen molar-refractivity contribution >= 4 is 0 Å². The van der Waals surface area contributed by atoms with Crippen LogP contribution in [0.4, 0.5) is 17.6 Å². The fourth-order valence-electron chi connectivity index (χ4n) is 4.57. The van der Waals surface area contributed by atoms with E-state index in [1.165, 1.54) is 13.0 Å². The lowest BCUT2D eigenvalue weighted by molar-refractivity contribution is -0.273. The summed E-state index contributed by atoms with van der Waals surface area (Å²) in [6, 6.07) is 1.39. The molecule has 1 aromatic rings. The third kappa shape index (κ3) is 6.22. The Morgan fingerprint density at radius 3 is 2.55 bits per heavy atom. The molecular weight excluding hydrogens is 412 g/mol. The Morgan fingerprint density at radius 2 is 1.90 bits per heavy atom. The fraction of sp³-hybridized carbons (Fsp3) is 0.667. The van der Waals surface area contributed by atoms with E-state index in [0.29, 0.717) is 37.2 Å². The van der Waals surface area contributed by atoms with Gasteiger partial charge in [-0.2, -0.15) is 13.2 Å². The van der Waals surface area contributed by atoms with E-state index in [9.17, 15) is 22.7 Å². The van der Waals surface area contributed by atoms with Crippen LogP contribution in [-0.2, 0) is 11.2 Å². The lowest BCUT2D eigenvalue weighted by atomic mass is 9.84. The summed E-state index contributed by atoms with van der Waals surface area (Å²) < 4.78 is 67.9. The first kappa shape index (κ1) is 24.1. The molecule has 0 saturated heterocycles. The SMILES string of the molecule is C=CCCC1CCC(OC(F)(F)CCC2CCc3cc(C(C)O)c(F)c(F)c3O2)CC1. The highest BCUT2D eigenvalue weighted by Crippen LogP contribution is 2.38. The Kier molecular flexibility index (Phi) is 8.03. The fourth-order valence-corrected chi connectivity index (χ4v) is 4.57. The summed E-state index contributed by atoms with van der Waals surface area (Å²) in [6.45, 7) is 5.07. The molecule has 0 aromatic heterocycles. The highest BCUT2D eigenvalue weighted by atomic mass is 19.3. The van der Waals surface area contributed by atoms with Crippen molar-refractivity contribution in [2.45, 2.75) is 95.6 Å². The Hall–Kier alpha value is -1.60. The number of fused-ring (bicyclic) bond motifs is 1. The van der Waals surface area contributed by atoms with Crippen molar-refractivity contribution < 1.29 is 32.1 Å². The number of rotatable bonds is 9. The van der Waals surface area contributed by atoms with Gasteiger partial charge in [-0.05, 0) is 82.3 Å². The number of alkyl halides is 2. The van der Waals surface area contributed by atoms with Crippen LogP contribution < -0.4 is 4.74 Å². The molecule has 31 heavy (non-hydrogen) atoms. The third-order valence-corrected chi connectivity index (χ3v) is 6.41. The number of aryl methyl sites for hydroxylation is 1. The first-order valence-corrected chi connectivity index (χ1v) is 11.2. The zero-order chi connectivity index (χ0) is 22.6. The van der Waals surface area contributed by atoms with E-state index in [2.05, 4.69) is 6.58 Å². The molecule has 1 fully saturated rings. The maximum absolute atomic E-state index is 14.4. The van der Waals surface area contributed by atoms with Crippen LogP contribution in [0.15, 0.2) is 18.7 Å². The molecule has 3 nitrogen and oxygen atoms in total. The predicted octanol–water partition coefficient (Wildman–Crippen LogP) is 6.63. The lowest BCUT2D eigenvalue weighted by Crippen LogP contribution is -2.33. The molecule has 0 radical (unpaired) electrons. The molecule has 1 N–H and O–H groups in total. The summed E-state index contributed by atoms with van der Waals surface area (Å²) in [5.41, 5.74) is 0.319. The number of benzene rings is 1. The minimum absolute atomic E-state index is 0.0136. The van der Waals surface area contributed by atoms with E-state index >= 15 is 0 Å². The van der Waals surface area contributed by atoms with Crippen molar-refractivity contribution in [1.82, 2.24) is 0 Å². The number of halogens is 4. The zero-order valence-corrected chi connectivity index (χ0v) is 18.0. The largest absolute Gasteiger partial charge is 0.487 e. The normalized spacial score (nSPS) is 24.9. The number of aliphatic hydroxyl groups is 1. The molecule has 1 aliphatic heterocycles. The molecule has 1 aliphatic carbocycles. The van der Waals surface area contributed by atoms with Crippen LogP contribution in [0.25, 0.3) is 0 Å². The molecule has 174 valence electrons. The molecule has 7 heteroatoms. The van der Waals surface area contributed by atoms with Gasteiger partial charge < -0.3 is 14.6 Å². The molecule has 2 aliphatic rings. The van der Waals surface area contributed by atoms with Crippen LogP contribution in [-0.4, -0.2) is 23.4 Å². The van der Waals surface area contributed by atoms with Gasteiger partial charge >= 0.3 is 6.11 Å². The number of aliphatic hydroxyl groups excluding tert-OH is 1. The number of hydrogen-bond donors (Lipinski definition) is 1. The summed E-state index contributed by atoms with van der Waals surface area (Å²) in [7, 11) is 0. The molecular formula is C24H32F4O3. The van der Waals surface area contributed by atoms with Crippen LogP contribution in [0.5, 0.6) is 5.75 Å². The van der Waals surface area contributed by atoms with Crippen LogP contribution in [0, 0.1) is 17.6 Å². The highest BCUT2D eigenvalue weighted by Gasteiger charge is 2.37. The number of ether oxygens (including phenoxy) is 2. The van der Waals surface area contributed by atoms with Gasteiger partial charge in [0.1, 0.15) is 0 Å². The second kappa shape index (κ2) is 10.3. The minimum Gasteiger partial charge on any atom is -0.487 e. The van der Waals surface area contributed by atoms with E-state index in [1.54, 1.807) is 0 Å². The summed E-state index contributed by atoms with van der Waals surface area (Å²) in [5.74, 6) is -2.02. The first-order valence-electron chi connectivity index (χ1n) is 11.2. The highest BCUT2D eigenvalue weighted by molar-refractivity contribution is 5.42. The van der Waals surface area contributed by atoms with Crippen molar-refractivity contribution in [3.05, 3.63) is 41.5 Å². The van der Waals surface area contributed by atoms with Gasteiger partial charge in [0.25, 0.3) is 0 Å². The van der Waals surface area contributed by atoms with Gasteiger partial charge in [0.05, 0.1) is 18.3 Å². The van der Waals surface area contributed by atoms with Gasteiger partial charge in [-0.15, -0.1) is 6.58 Å². The maximum Gasteiger partial charge on any atom is 0.356 e. The Bertz CT molecular complexity index is 758. The molecule has 0 spiro atoms. The molecule has 3 rings (SSSR count). The Balaban J connectivity index is 1.50. The Labute approximate surface area is 181 Å². The van der Waals surface area contributed by atoms with Gasteiger partial charge in [-0.1, -0.05) is 6.08 Å². The van der Waals surface area contributed by atoms with Gasteiger partial charge in [0, 0.05) is 12.0 Å². The number of hydrogen-bond acceptors (Lipinski definition) is 3. The van der Waals surface area contributed by atoms with E-state index in [1.807, 2.05) is 6.08 Å². The maximum atomic E-state index is 14.4. The van der Waals surface area contributed by atoms with Crippen molar-refractivity contribution in [2.75, 3.05) is 0 Å². The van der Waals surface area contributed by atoms with E-state index < -0.39 is 42.5 Å². The summed E-state index contributed by atoms with van der Waals surface area (Å²) in [5, 5.41) is 9.59. The molecule has 1 aromatic carbocycles. The second-order valence-corrected chi connectivity index (χ2v) is 8.84. The topological polar surface area (TPSA) is 38.7 Å². The second-order valence-electron chi connectivity index (χ2n) is 8.84. The molecule has 1 heterocycles. The average Bonchev–Trinajstić information content (AvgIpc) is 2.74. The minimum atomic E-state index is -3.28. The van der Waals surface area contributed by atoms with Crippen molar-refractivity contribution in [2.24, 2.45) is 5.92 Å². The Morgan fingerprint density at radius 1 is 1.19 bits per heavy atom. The van der Waals surface area contributed by atoms with Crippen LogP contribution in [0.3, 0.4) is 0 Å². The van der Waals surface area contributed by atoms with Crippen molar-refractivity contribution in [3.8, 4) is 5.75 Å². The van der Waals surface area contributed by atoms with Gasteiger partial charge in [-0.3, -0.25) is 0 Å². The van der Waals surface area contributed by atoms with Crippen LogP contribution in [0.1, 0.15) is 81.9 Å². The molecule has 0 bridgehead atoms. The molecule has 2 atom stereocenters. The summed E-state index contributed by atoms with van der Waals surface area (Å²) >= 11 is 0. The predicted molar refractivity (Wildman–Crippen MR) is 110 cm³/mol. The van der Waals surface area contributed by atoms with E-state index in [-0.39, 0.29) is 17.7 Å². The first-order chi connectivity index (χ1) is 14.7. The monoisotopic (exact) mass is 444 g/mol. The molecule has 2 unspecified atom stereocenters. The van der Waals surface area contributed by atoms with Crippen LogP contribution >= 0.6 is 0 Å². The lowest BCUT2D eigenvalue weighted by Gasteiger charge is -2.32. The molecule has 1 saturated carbocycles. The van der Waals surface area contributed by atoms with Gasteiger partial charge in [0.2, 0.25) is 5.82 Å². The van der Waals surface area contributed by atoms with Gasteiger partial charge in [-0.25, -0.2) is 4.39 Å². The smallest absolute Gasteiger partial charge is 0.356 e. The van der Waals surface area contributed by atoms with E-state index in [4.69, 9.17) is 9.47 Å². The zero-order valence-electron chi connectivity index (χ0n) is 18.0. The summed E-state index contributed by atoms with van der Waals surface area (Å²) in [4.78, 5) is 0. The van der Waals surface area contributed by atoms with E-state index in [0.717, 1.165) is 25.7 Å². The van der Waals surface area contributed by atoms with Crippen LogP contribution in [0.2, 0.25) is 0 Å². The quantitative estimate of drug-likeness (QED) is 0.343. The number of allylic oxidation sites excluding steroid dienone is 1. The average molecular weight is 445 g/mol. The van der Waals surface area contributed by atoms with Crippen molar-refractivity contribution in [3.63, 3.8) is 0 Å². The third-order valence-electron chi connectivity index (χ3n) is 6.41. The standard InChI is InChI=1S/C24H32F4O3/c1-3-4-5-16-6-9-19(10-7-16)31-24(27,28)13-12-18-11-8-17-14-20(15(2)29)21(25)22(26)23(17)30-18/h3,14-16,18-19,29H,1,4-13H2,2H3. The summed E-state index contributed by atoms with van der Waals surface area (Å²) in [6.07, 6.45) is 1.64. The van der Waals surface area contributed by atoms with Gasteiger partial charge in [0.15, 0.2) is 11.6 Å². The van der Waals surface area contributed by atoms with Crippen molar-refractivity contribution in [1.29, 1.82) is 0 Å².